The molecule has 0 bridgehead atoms. The highest BCUT2D eigenvalue weighted by Crippen LogP contribution is 2.21. The Balaban J connectivity index is 1.41. The molecular formula is C34H49N7O3. The lowest BCUT2D eigenvalue weighted by atomic mass is 10.1. The largest absolute Gasteiger partial charge is 0.458 e. The van der Waals surface area contributed by atoms with Crippen molar-refractivity contribution in [2.75, 3.05) is 43.9 Å². The average Bonchev–Trinajstić information content (AvgIpc) is 3.00. The Morgan fingerprint density at radius 2 is 1.89 bits per heavy atom. The second-order valence-electron chi connectivity index (χ2n) is 12.6. The zero-order valence-corrected chi connectivity index (χ0v) is 27.2. The number of nitrogens with zero attached hydrogens (tertiary/aromatic N) is 5. The van der Waals surface area contributed by atoms with E-state index >= 15 is 0 Å². The van der Waals surface area contributed by atoms with Gasteiger partial charge in [-0.15, -0.1) is 0 Å². The highest BCUT2D eigenvalue weighted by atomic mass is 16.6. The highest BCUT2D eigenvalue weighted by molar-refractivity contribution is 5.79. The normalized spacial score (nSPS) is 14.4. The standard InChI is InChI=1S/C34H49N7O3/c1-24-22-30(40-32(37-24)27-14-18-35-19-15-27)39-29(33(42)44-34(3,4)5)16-21-41(23-25(2)43-6)20-8-7-11-28-13-12-26-10-9-17-36-31(26)38-28/h12-15,18-19,22,25,29H,7-11,16-17,20-21,23H2,1-6H3,(H,36,38)(H,37,39,40)/t25-,29+/m1/s1. The van der Waals surface area contributed by atoms with Crippen LogP contribution in [0.4, 0.5) is 11.6 Å². The smallest absolute Gasteiger partial charge is 0.329 e. The third-order valence-corrected chi connectivity index (χ3v) is 7.57. The van der Waals surface area contributed by atoms with Crippen molar-refractivity contribution >= 4 is 17.6 Å². The SMILES string of the molecule is CO[C@H](C)CN(CCCCc1ccc2c(n1)NCCC2)CC[C@H](Nc1cc(C)nc(-c2ccncc2)n1)C(=O)OC(C)(C)C. The number of aryl methyl sites for hydroxylation is 3. The summed E-state index contributed by atoms with van der Waals surface area (Å²) in [7, 11) is 1.74. The van der Waals surface area contributed by atoms with Crippen LogP contribution in [-0.4, -0.2) is 81.8 Å². The van der Waals surface area contributed by atoms with Crippen molar-refractivity contribution in [3.8, 4) is 11.4 Å². The number of nitrogens with one attached hydrogen (secondary N) is 2. The van der Waals surface area contributed by atoms with Crippen LogP contribution in [0, 0.1) is 6.92 Å². The van der Waals surface area contributed by atoms with Crippen LogP contribution < -0.4 is 10.6 Å². The molecule has 0 amide bonds. The van der Waals surface area contributed by atoms with Crippen molar-refractivity contribution in [3.05, 3.63) is 59.7 Å². The van der Waals surface area contributed by atoms with Gasteiger partial charge in [-0.2, -0.15) is 0 Å². The van der Waals surface area contributed by atoms with Crippen LogP contribution in [0.25, 0.3) is 11.4 Å². The van der Waals surface area contributed by atoms with Gasteiger partial charge in [0.15, 0.2) is 5.82 Å². The second kappa shape index (κ2) is 15.9. The van der Waals surface area contributed by atoms with Crippen LogP contribution in [0.1, 0.15) is 70.3 Å². The first-order valence-corrected chi connectivity index (χ1v) is 15.8. The fourth-order valence-corrected chi connectivity index (χ4v) is 5.27. The fourth-order valence-electron chi connectivity index (χ4n) is 5.27. The zero-order valence-electron chi connectivity index (χ0n) is 27.2. The van der Waals surface area contributed by atoms with Crippen LogP contribution >= 0.6 is 0 Å². The molecule has 238 valence electrons. The van der Waals surface area contributed by atoms with Crippen molar-refractivity contribution in [1.29, 1.82) is 0 Å². The molecule has 2 atom stereocenters. The number of unbranched alkanes of at least 4 members (excludes halogenated alkanes) is 1. The van der Waals surface area contributed by atoms with E-state index in [-0.39, 0.29) is 12.1 Å². The fraction of sp³-hybridized carbons (Fsp3) is 0.559. The van der Waals surface area contributed by atoms with Gasteiger partial charge in [0.05, 0.1) is 6.10 Å². The summed E-state index contributed by atoms with van der Waals surface area (Å²) < 4.78 is 11.4. The van der Waals surface area contributed by atoms with E-state index in [1.807, 2.05) is 45.9 Å². The number of rotatable bonds is 15. The van der Waals surface area contributed by atoms with Crippen molar-refractivity contribution in [2.24, 2.45) is 0 Å². The lowest BCUT2D eigenvalue weighted by Gasteiger charge is -2.29. The van der Waals surface area contributed by atoms with Crippen LogP contribution in [0.3, 0.4) is 0 Å². The molecule has 2 N–H and O–H groups in total. The van der Waals surface area contributed by atoms with Gasteiger partial charge in [0, 0.05) is 62.2 Å². The number of anilines is 2. The summed E-state index contributed by atoms with van der Waals surface area (Å²) in [5, 5.41) is 6.81. The van der Waals surface area contributed by atoms with Crippen LogP contribution in [-0.2, 0) is 27.1 Å². The third-order valence-electron chi connectivity index (χ3n) is 7.57. The molecule has 44 heavy (non-hydrogen) atoms. The van der Waals surface area contributed by atoms with Gasteiger partial charge in [-0.25, -0.2) is 19.7 Å². The number of ether oxygens (including phenoxy) is 2. The number of hydrogen-bond donors (Lipinski definition) is 2. The maximum atomic E-state index is 13.4. The molecule has 4 heterocycles. The van der Waals surface area contributed by atoms with Gasteiger partial charge in [0.1, 0.15) is 23.3 Å². The number of carbonyl (C=O) groups is 1. The van der Waals surface area contributed by atoms with Crippen molar-refractivity contribution in [3.63, 3.8) is 0 Å². The number of fused-ring (bicyclic) bond motifs is 1. The Hall–Kier alpha value is -3.63. The Morgan fingerprint density at radius 3 is 2.64 bits per heavy atom. The molecule has 0 saturated carbocycles. The summed E-state index contributed by atoms with van der Waals surface area (Å²) in [6.45, 7) is 13.0. The first-order chi connectivity index (χ1) is 21.1. The van der Waals surface area contributed by atoms with Crippen LogP contribution in [0.2, 0.25) is 0 Å². The van der Waals surface area contributed by atoms with Crippen LogP contribution in [0.15, 0.2) is 42.7 Å². The van der Waals surface area contributed by atoms with Crippen LogP contribution in [0.5, 0.6) is 0 Å². The topological polar surface area (TPSA) is 114 Å². The minimum Gasteiger partial charge on any atom is -0.458 e. The Bertz CT molecular complexity index is 1350. The minimum atomic E-state index is -0.606. The average molecular weight is 604 g/mol. The number of aromatic nitrogens is 4. The molecule has 0 radical (unpaired) electrons. The minimum absolute atomic E-state index is 0.0729. The summed E-state index contributed by atoms with van der Waals surface area (Å²) >= 11 is 0. The Morgan fingerprint density at radius 1 is 1.09 bits per heavy atom. The summed E-state index contributed by atoms with van der Waals surface area (Å²) in [6, 6.07) is 9.41. The van der Waals surface area contributed by atoms with Gasteiger partial charge in [0.2, 0.25) is 0 Å². The van der Waals surface area contributed by atoms with Gasteiger partial charge in [-0.05, 0) is 103 Å². The van der Waals surface area contributed by atoms with E-state index in [1.54, 1.807) is 19.5 Å². The Labute approximate surface area is 262 Å². The molecule has 0 aromatic carbocycles. The molecule has 4 rings (SSSR count). The molecule has 0 spiro atoms. The van der Waals surface area contributed by atoms with E-state index in [1.165, 1.54) is 12.0 Å². The zero-order chi connectivity index (χ0) is 31.5. The van der Waals surface area contributed by atoms with E-state index in [0.717, 1.165) is 68.1 Å². The highest BCUT2D eigenvalue weighted by Gasteiger charge is 2.27. The summed E-state index contributed by atoms with van der Waals surface area (Å²) in [5.74, 6) is 1.92. The number of methoxy groups -OCH3 is 1. The van der Waals surface area contributed by atoms with Gasteiger partial charge >= 0.3 is 5.97 Å². The van der Waals surface area contributed by atoms with Crippen molar-refractivity contribution in [2.45, 2.75) is 90.9 Å². The predicted octanol–water partition coefficient (Wildman–Crippen LogP) is 5.47. The summed E-state index contributed by atoms with van der Waals surface area (Å²) in [4.78, 5) is 34.1. The van der Waals surface area contributed by atoms with E-state index < -0.39 is 11.6 Å². The number of esters is 1. The van der Waals surface area contributed by atoms with Gasteiger partial charge in [-0.1, -0.05) is 6.07 Å². The molecule has 0 saturated heterocycles. The summed E-state index contributed by atoms with van der Waals surface area (Å²) in [6.07, 6.45) is 9.33. The molecule has 0 fully saturated rings. The molecule has 0 unspecified atom stereocenters. The number of carbonyl (C=O) groups excluding carboxylic acids is 1. The molecule has 1 aliphatic heterocycles. The predicted molar refractivity (Wildman–Crippen MR) is 175 cm³/mol. The molecule has 0 aliphatic carbocycles. The lowest BCUT2D eigenvalue weighted by Crippen LogP contribution is -2.41. The maximum absolute atomic E-state index is 13.4. The molecule has 1 aliphatic rings. The van der Waals surface area contributed by atoms with E-state index in [0.29, 0.717) is 24.6 Å². The van der Waals surface area contributed by atoms with Gasteiger partial charge in [-0.3, -0.25) is 4.98 Å². The molecule has 10 nitrogen and oxygen atoms in total. The quantitative estimate of drug-likeness (QED) is 0.171. The second-order valence-corrected chi connectivity index (χ2v) is 12.6. The molecule has 3 aromatic heterocycles. The van der Waals surface area contributed by atoms with Gasteiger partial charge in [0.25, 0.3) is 0 Å². The third kappa shape index (κ3) is 10.5. The molecule has 10 heteroatoms. The van der Waals surface area contributed by atoms with Crippen molar-refractivity contribution < 1.29 is 14.3 Å². The maximum Gasteiger partial charge on any atom is 0.329 e. The van der Waals surface area contributed by atoms with E-state index in [4.69, 9.17) is 19.4 Å². The number of pyridine rings is 2. The van der Waals surface area contributed by atoms with Crippen molar-refractivity contribution in [1.82, 2.24) is 24.8 Å². The summed E-state index contributed by atoms with van der Waals surface area (Å²) in [5.41, 5.74) is 3.51. The first kappa shape index (κ1) is 33.3. The Kier molecular flexibility index (Phi) is 12.0. The first-order valence-electron chi connectivity index (χ1n) is 15.8. The molecule has 3 aromatic rings. The van der Waals surface area contributed by atoms with E-state index in [2.05, 4.69) is 44.6 Å². The number of hydrogen-bond acceptors (Lipinski definition) is 10. The monoisotopic (exact) mass is 603 g/mol. The van der Waals surface area contributed by atoms with E-state index in [9.17, 15) is 4.79 Å². The lowest BCUT2D eigenvalue weighted by molar-refractivity contribution is -0.156. The van der Waals surface area contributed by atoms with Gasteiger partial charge < -0.3 is 25.0 Å². The molecular weight excluding hydrogens is 554 g/mol.